The van der Waals surface area contributed by atoms with Crippen LogP contribution in [0.4, 0.5) is 0 Å². The summed E-state index contributed by atoms with van der Waals surface area (Å²) in [5.74, 6) is -0.868. The Hall–Kier alpha value is -3.28. The topological polar surface area (TPSA) is 72.3 Å². The fourth-order valence-corrected chi connectivity index (χ4v) is 3.12. The molecular formula is C22H23N3O3. The van der Waals surface area contributed by atoms with Crippen LogP contribution in [0.1, 0.15) is 40.2 Å². The highest BCUT2D eigenvalue weighted by molar-refractivity contribution is 6.06. The van der Waals surface area contributed by atoms with E-state index in [-0.39, 0.29) is 11.2 Å². The molecule has 0 bridgehead atoms. The predicted molar refractivity (Wildman–Crippen MR) is 110 cm³/mol. The van der Waals surface area contributed by atoms with Crippen LogP contribution in [0.5, 0.6) is 0 Å². The van der Waals surface area contributed by atoms with Crippen molar-refractivity contribution < 1.29 is 9.59 Å². The minimum Gasteiger partial charge on any atom is -0.273 e. The highest BCUT2D eigenvalue weighted by atomic mass is 16.2. The number of hydrogen-bond donors (Lipinski definition) is 0. The standard InChI is InChI=1S/C22H23N3O3/c1-14(26)24(15(2)27)25-20(16-10-12-17(13-11-16)22(3,4)5)23-19-9-7-6-8-18(19)21(25)28/h6-13H,1-5H3. The first-order valence-corrected chi connectivity index (χ1v) is 9.05. The van der Waals surface area contributed by atoms with Crippen molar-refractivity contribution in [1.29, 1.82) is 0 Å². The summed E-state index contributed by atoms with van der Waals surface area (Å²) in [5.41, 5.74) is 1.78. The number of rotatable bonds is 2. The zero-order chi connectivity index (χ0) is 20.6. The van der Waals surface area contributed by atoms with Crippen LogP contribution in [-0.4, -0.2) is 21.5 Å². The van der Waals surface area contributed by atoms with Gasteiger partial charge >= 0.3 is 0 Å². The highest BCUT2D eigenvalue weighted by Gasteiger charge is 2.24. The van der Waals surface area contributed by atoms with Crippen LogP contribution in [0.15, 0.2) is 53.3 Å². The second-order valence-electron chi connectivity index (χ2n) is 7.75. The van der Waals surface area contributed by atoms with E-state index in [1.54, 1.807) is 24.3 Å². The second-order valence-corrected chi connectivity index (χ2v) is 7.75. The number of fused-ring (bicyclic) bond motifs is 1. The van der Waals surface area contributed by atoms with Gasteiger partial charge in [0.25, 0.3) is 5.56 Å². The summed E-state index contributed by atoms with van der Waals surface area (Å²) in [4.78, 5) is 42.1. The van der Waals surface area contributed by atoms with E-state index < -0.39 is 17.4 Å². The normalized spacial score (nSPS) is 11.5. The molecule has 0 saturated heterocycles. The number of nitrogens with zero attached hydrogens (tertiary/aromatic N) is 3. The van der Waals surface area contributed by atoms with E-state index in [1.165, 1.54) is 13.8 Å². The van der Waals surface area contributed by atoms with Gasteiger partial charge in [0.2, 0.25) is 11.8 Å². The monoisotopic (exact) mass is 377 g/mol. The Kier molecular flexibility index (Phi) is 4.89. The van der Waals surface area contributed by atoms with Gasteiger partial charge in [-0.25, -0.2) is 4.98 Å². The van der Waals surface area contributed by atoms with Crippen LogP contribution in [0.2, 0.25) is 0 Å². The van der Waals surface area contributed by atoms with E-state index in [0.29, 0.717) is 16.5 Å². The van der Waals surface area contributed by atoms with E-state index in [0.717, 1.165) is 15.2 Å². The number of carbonyl (C=O) groups is 2. The van der Waals surface area contributed by atoms with E-state index in [4.69, 9.17) is 0 Å². The molecule has 0 unspecified atom stereocenters. The molecule has 0 aliphatic heterocycles. The molecule has 28 heavy (non-hydrogen) atoms. The molecule has 2 aromatic carbocycles. The van der Waals surface area contributed by atoms with Gasteiger partial charge in [-0.1, -0.05) is 57.2 Å². The van der Waals surface area contributed by atoms with Crippen molar-refractivity contribution in [3.63, 3.8) is 0 Å². The first-order valence-electron chi connectivity index (χ1n) is 9.05. The van der Waals surface area contributed by atoms with Crippen molar-refractivity contribution in [3.8, 4) is 11.4 Å². The van der Waals surface area contributed by atoms with Crippen molar-refractivity contribution in [1.82, 2.24) is 9.66 Å². The molecule has 0 aliphatic rings. The number of amides is 2. The largest absolute Gasteiger partial charge is 0.281 e. The third kappa shape index (κ3) is 3.45. The Balaban J connectivity index is 2.35. The van der Waals surface area contributed by atoms with Gasteiger partial charge in [-0.3, -0.25) is 14.4 Å². The molecule has 144 valence electrons. The highest BCUT2D eigenvalue weighted by Crippen LogP contribution is 2.26. The van der Waals surface area contributed by atoms with Crippen molar-refractivity contribution in [2.45, 2.75) is 40.0 Å². The first-order chi connectivity index (χ1) is 13.1. The summed E-state index contributed by atoms with van der Waals surface area (Å²) >= 11 is 0. The second kappa shape index (κ2) is 7.03. The van der Waals surface area contributed by atoms with Gasteiger partial charge in [0.15, 0.2) is 5.82 Å². The molecular weight excluding hydrogens is 354 g/mol. The molecule has 6 heteroatoms. The van der Waals surface area contributed by atoms with Gasteiger partial charge in [-0.2, -0.15) is 9.69 Å². The van der Waals surface area contributed by atoms with Crippen molar-refractivity contribution >= 4 is 22.7 Å². The van der Waals surface area contributed by atoms with Gasteiger partial charge < -0.3 is 0 Å². The molecule has 0 N–H and O–H groups in total. The lowest BCUT2D eigenvalue weighted by atomic mass is 9.86. The molecule has 1 heterocycles. The molecule has 3 aromatic rings. The first kappa shape index (κ1) is 19.5. The summed E-state index contributed by atoms with van der Waals surface area (Å²) in [6, 6.07) is 14.5. The maximum Gasteiger partial charge on any atom is 0.281 e. The van der Waals surface area contributed by atoms with E-state index in [9.17, 15) is 14.4 Å². The van der Waals surface area contributed by atoms with E-state index in [2.05, 4.69) is 25.8 Å². The molecule has 0 saturated carbocycles. The van der Waals surface area contributed by atoms with Crippen molar-refractivity contribution in [2.24, 2.45) is 0 Å². The Labute approximate surface area is 163 Å². The zero-order valence-corrected chi connectivity index (χ0v) is 16.7. The summed E-state index contributed by atoms with van der Waals surface area (Å²) in [5, 5.41) is 1.17. The number of imide groups is 1. The fraction of sp³-hybridized carbons (Fsp3) is 0.273. The van der Waals surface area contributed by atoms with Gasteiger partial charge in [0, 0.05) is 19.4 Å². The number of para-hydroxylation sites is 1. The lowest BCUT2D eigenvalue weighted by Crippen LogP contribution is -2.49. The van der Waals surface area contributed by atoms with Crippen LogP contribution in [0, 0.1) is 0 Å². The van der Waals surface area contributed by atoms with Crippen LogP contribution in [0.3, 0.4) is 0 Å². The maximum absolute atomic E-state index is 13.2. The average Bonchev–Trinajstić information content (AvgIpc) is 2.62. The van der Waals surface area contributed by atoms with Crippen LogP contribution >= 0.6 is 0 Å². The summed E-state index contributed by atoms with van der Waals surface area (Å²) in [7, 11) is 0. The quantitative estimate of drug-likeness (QED) is 0.686. The van der Waals surface area contributed by atoms with Crippen LogP contribution < -0.4 is 10.6 Å². The van der Waals surface area contributed by atoms with Crippen molar-refractivity contribution in [2.75, 3.05) is 5.01 Å². The van der Waals surface area contributed by atoms with Gasteiger partial charge in [-0.05, 0) is 23.1 Å². The van der Waals surface area contributed by atoms with E-state index in [1.807, 2.05) is 24.3 Å². The Morgan fingerprint density at radius 1 is 0.929 bits per heavy atom. The lowest BCUT2D eigenvalue weighted by molar-refractivity contribution is -0.126. The Bertz CT molecular complexity index is 1110. The molecule has 0 spiro atoms. The molecule has 6 nitrogen and oxygen atoms in total. The number of aromatic nitrogens is 2. The molecule has 2 amide bonds. The third-order valence-corrected chi connectivity index (χ3v) is 4.56. The zero-order valence-electron chi connectivity index (χ0n) is 16.7. The van der Waals surface area contributed by atoms with Gasteiger partial charge in [-0.15, -0.1) is 0 Å². The number of hydrogen-bond acceptors (Lipinski definition) is 4. The summed E-state index contributed by atoms with van der Waals surface area (Å²) in [6.07, 6.45) is 0. The van der Waals surface area contributed by atoms with Crippen LogP contribution in [-0.2, 0) is 15.0 Å². The molecule has 0 fully saturated rings. The Morgan fingerprint density at radius 2 is 1.50 bits per heavy atom. The SMILES string of the molecule is CC(=O)N(C(C)=O)n1c(-c2ccc(C(C)(C)C)cc2)nc2ccccc2c1=O. The summed E-state index contributed by atoms with van der Waals surface area (Å²) < 4.78 is 1.07. The average molecular weight is 377 g/mol. The molecule has 0 aliphatic carbocycles. The van der Waals surface area contributed by atoms with Crippen molar-refractivity contribution in [3.05, 3.63) is 64.4 Å². The minimum atomic E-state index is -0.556. The minimum absolute atomic E-state index is 0.0280. The smallest absolute Gasteiger partial charge is 0.273 e. The molecule has 1 aromatic heterocycles. The Morgan fingerprint density at radius 3 is 2.04 bits per heavy atom. The predicted octanol–water partition coefficient (Wildman–Crippen LogP) is 3.39. The van der Waals surface area contributed by atoms with Gasteiger partial charge in [0.05, 0.1) is 10.9 Å². The fourth-order valence-electron chi connectivity index (χ4n) is 3.12. The van der Waals surface area contributed by atoms with E-state index >= 15 is 0 Å². The van der Waals surface area contributed by atoms with Gasteiger partial charge in [0.1, 0.15) is 0 Å². The molecule has 0 atom stereocenters. The molecule has 3 rings (SSSR count). The number of benzene rings is 2. The third-order valence-electron chi connectivity index (χ3n) is 4.56. The maximum atomic E-state index is 13.2. The number of carbonyl (C=O) groups excluding carboxylic acids is 2. The van der Waals surface area contributed by atoms with Crippen LogP contribution in [0.25, 0.3) is 22.3 Å². The lowest BCUT2D eigenvalue weighted by Gasteiger charge is -2.23. The molecule has 0 radical (unpaired) electrons. The summed E-state index contributed by atoms with van der Waals surface area (Å²) in [6.45, 7) is 8.82.